The number of likely N-dealkylation sites (N-methyl/N-ethyl adjacent to an activating group) is 1. The molecule has 13 heteroatoms. The molecule has 13 nitrogen and oxygen atoms in total. The van der Waals surface area contributed by atoms with Crippen molar-refractivity contribution >= 4 is 40.6 Å². The number of phenols is 1. The lowest BCUT2D eigenvalue weighted by Gasteiger charge is -2.50. The number of hydrogen-bond donors (Lipinski definition) is 7. The van der Waals surface area contributed by atoms with Crippen LogP contribution in [0.25, 0.3) is 0 Å². The Morgan fingerprint density at radius 2 is 1.64 bits per heavy atom. The molecule has 8 N–H and O–H groups in total. The van der Waals surface area contributed by atoms with E-state index in [1.165, 1.54) is 11.0 Å². The third-order valence-corrected chi connectivity index (χ3v) is 9.06. The van der Waals surface area contributed by atoms with Gasteiger partial charge < -0.3 is 41.7 Å². The van der Waals surface area contributed by atoms with Crippen LogP contribution in [0.5, 0.6) is 5.75 Å². The number of rotatable bonds is 5. The first-order valence-electron chi connectivity index (χ1n) is 14.4. The number of primary amides is 1. The fourth-order valence-electron chi connectivity index (χ4n) is 7.02. The molecule has 5 rings (SSSR count). The molecule has 3 amide bonds. The zero-order chi connectivity index (χ0) is 33.3. The monoisotopic (exact) mass is 619 g/mol. The van der Waals surface area contributed by atoms with Gasteiger partial charge in [-0.3, -0.25) is 19.3 Å². The highest BCUT2D eigenvalue weighted by Gasteiger charge is 2.63. The van der Waals surface area contributed by atoms with Crippen LogP contribution in [0, 0.1) is 25.7 Å². The van der Waals surface area contributed by atoms with Crippen molar-refractivity contribution in [3.8, 4) is 5.75 Å². The van der Waals surface area contributed by atoms with E-state index in [-0.39, 0.29) is 29.7 Å². The molecule has 3 aliphatic carbocycles. The van der Waals surface area contributed by atoms with Crippen LogP contribution in [0.1, 0.15) is 33.5 Å². The maximum atomic E-state index is 14.2. The molecule has 0 saturated carbocycles. The van der Waals surface area contributed by atoms with Crippen molar-refractivity contribution in [1.29, 1.82) is 0 Å². The van der Waals surface area contributed by atoms with Gasteiger partial charge in [-0.25, -0.2) is 4.79 Å². The minimum atomic E-state index is -2.74. The number of Topliss-reactive ketones (excluding diaryl/α,β-unsaturated/α-hetero) is 2. The number of phenolic OH excluding ortho intramolecular Hbond substituents is 1. The Morgan fingerprint density at radius 3 is 2.22 bits per heavy atom. The molecule has 2 aromatic rings. The number of nitrogens with zero attached hydrogens (tertiary/aromatic N) is 2. The van der Waals surface area contributed by atoms with Crippen molar-refractivity contribution in [2.45, 2.75) is 38.3 Å². The summed E-state index contributed by atoms with van der Waals surface area (Å²) in [5.74, 6) is -7.45. The quantitative estimate of drug-likeness (QED) is 0.192. The molecule has 4 unspecified atom stereocenters. The second-order valence-electron chi connectivity index (χ2n) is 12.4. The van der Waals surface area contributed by atoms with E-state index in [0.717, 1.165) is 11.1 Å². The standard InChI is InChI=1S/C32H37N5O8/c1-13-7-8-18(14(2)9-13)34-31(44)35-19-12-20(36(3)4)16-10-15-11-17-24(37(5)6)27(40)23(30(33)43)29(42)32(17,45)28(41)21(15)26(39)22(16)25(19)38/h7-9,12,15,17,24,38,40-41,45H,10-11H2,1-6H3,(H2,33,43)(H2,34,35,44). The van der Waals surface area contributed by atoms with Crippen LogP contribution < -0.4 is 21.3 Å². The molecular formula is C32H37N5O8. The fourth-order valence-corrected chi connectivity index (χ4v) is 7.02. The number of nitrogens with one attached hydrogen (secondary N) is 2. The van der Waals surface area contributed by atoms with E-state index in [9.17, 15) is 39.6 Å². The van der Waals surface area contributed by atoms with Crippen LogP contribution in [0.4, 0.5) is 21.9 Å². The third kappa shape index (κ3) is 4.79. The van der Waals surface area contributed by atoms with Crippen molar-refractivity contribution in [3.05, 3.63) is 69.2 Å². The summed E-state index contributed by atoms with van der Waals surface area (Å²) in [5.41, 5.74) is 4.55. The summed E-state index contributed by atoms with van der Waals surface area (Å²) in [4.78, 5) is 56.1. The van der Waals surface area contributed by atoms with Gasteiger partial charge in [-0.2, -0.15) is 0 Å². The lowest BCUT2D eigenvalue weighted by atomic mass is 9.58. The molecule has 238 valence electrons. The molecular weight excluding hydrogens is 582 g/mol. The Kier molecular flexibility index (Phi) is 7.66. The summed E-state index contributed by atoms with van der Waals surface area (Å²) in [6.07, 6.45) is 0.0857. The predicted octanol–water partition coefficient (Wildman–Crippen LogP) is 2.45. The summed E-state index contributed by atoms with van der Waals surface area (Å²) >= 11 is 0. The van der Waals surface area contributed by atoms with E-state index in [1.54, 1.807) is 39.2 Å². The Hall–Kier alpha value is -4.88. The van der Waals surface area contributed by atoms with E-state index < -0.39 is 69.8 Å². The lowest BCUT2D eigenvalue weighted by Crippen LogP contribution is -2.63. The van der Waals surface area contributed by atoms with Crippen LogP contribution in [-0.4, -0.2) is 88.7 Å². The van der Waals surface area contributed by atoms with Crippen molar-refractivity contribution in [3.63, 3.8) is 0 Å². The van der Waals surface area contributed by atoms with Gasteiger partial charge in [-0.1, -0.05) is 17.7 Å². The van der Waals surface area contributed by atoms with Crippen molar-refractivity contribution in [1.82, 2.24) is 4.90 Å². The number of ketones is 2. The first-order valence-corrected chi connectivity index (χ1v) is 14.4. The molecule has 45 heavy (non-hydrogen) atoms. The number of hydrogen-bond acceptors (Lipinski definition) is 10. The lowest BCUT2D eigenvalue weighted by molar-refractivity contribution is -0.148. The highest BCUT2D eigenvalue weighted by Crippen LogP contribution is 2.54. The van der Waals surface area contributed by atoms with Crippen LogP contribution >= 0.6 is 0 Å². The fraction of sp³-hybridized carbons (Fsp3) is 0.375. The normalized spacial score (nSPS) is 24.2. The van der Waals surface area contributed by atoms with Gasteiger partial charge in [-0.15, -0.1) is 0 Å². The zero-order valence-electron chi connectivity index (χ0n) is 25.8. The number of aliphatic hydroxyl groups excluding tert-OH is 2. The first-order chi connectivity index (χ1) is 21.0. The number of carbonyl (C=O) groups is 4. The van der Waals surface area contributed by atoms with Crippen LogP contribution in [0.3, 0.4) is 0 Å². The minimum Gasteiger partial charge on any atom is -0.510 e. The average molecular weight is 620 g/mol. The van der Waals surface area contributed by atoms with E-state index in [1.807, 2.05) is 26.0 Å². The maximum Gasteiger partial charge on any atom is 0.323 e. The Bertz CT molecular complexity index is 1740. The second kappa shape index (κ2) is 10.9. The summed E-state index contributed by atoms with van der Waals surface area (Å²) in [6, 6.07) is 5.26. The summed E-state index contributed by atoms with van der Waals surface area (Å²) in [5, 5.41) is 51.0. The van der Waals surface area contributed by atoms with Gasteiger partial charge >= 0.3 is 6.03 Å². The van der Waals surface area contributed by atoms with E-state index in [4.69, 9.17) is 5.73 Å². The molecule has 2 aromatic carbocycles. The number of anilines is 3. The number of aryl methyl sites for hydroxylation is 2. The smallest absolute Gasteiger partial charge is 0.323 e. The van der Waals surface area contributed by atoms with Gasteiger partial charge in [0.2, 0.25) is 5.78 Å². The number of nitrogens with two attached hydrogens (primary N) is 1. The van der Waals surface area contributed by atoms with E-state index in [2.05, 4.69) is 10.6 Å². The number of carbonyl (C=O) groups excluding carboxylic acids is 4. The van der Waals surface area contributed by atoms with E-state index in [0.29, 0.717) is 16.9 Å². The SMILES string of the molecule is Cc1ccc(NC(=O)Nc2cc(N(C)C)c3c(c2O)C(=O)C2=C(O)C4(O)C(=O)C(C(N)=O)=C(O)C(N(C)C)C4CC2C3)c(C)c1. The highest BCUT2D eigenvalue weighted by molar-refractivity contribution is 6.25. The van der Waals surface area contributed by atoms with Crippen molar-refractivity contribution < 1.29 is 39.6 Å². The molecule has 0 heterocycles. The van der Waals surface area contributed by atoms with Crippen LogP contribution in [0.2, 0.25) is 0 Å². The van der Waals surface area contributed by atoms with Gasteiger partial charge in [0.1, 0.15) is 17.1 Å². The van der Waals surface area contributed by atoms with Gasteiger partial charge in [0.25, 0.3) is 5.91 Å². The number of urea groups is 1. The van der Waals surface area contributed by atoms with Crippen molar-refractivity contribution in [2.75, 3.05) is 43.7 Å². The van der Waals surface area contributed by atoms with Gasteiger partial charge in [0, 0.05) is 37.0 Å². The topological polar surface area (TPSA) is 206 Å². The minimum absolute atomic E-state index is 0.0301. The number of aromatic hydroxyl groups is 1. The molecule has 3 aliphatic rings. The summed E-state index contributed by atoms with van der Waals surface area (Å²) in [7, 11) is 6.60. The average Bonchev–Trinajstić information content (AvgIpc) is 2.93. The second-order valence-corrected chi connectivity index (χ2v) is 12.4. The maximum absolute atomic E-state index is 14.2. The number of benzene rings is 2. The molecule has 0 fully saturated rings. The highest BCUT2D eigenvalue weighted by atomic mass is 16.3. The number of fused-ring (bicyclic) bond motifs is 3. The predicted molar refractivity (Wildman–Crippen MR) is 167 cm³/mol. The summed E-state index contributed by atoms with van der Waals surface area (Å²) in [6.45, 7) is 3.76. The van der Waals surface area contributed by atoms with Crippen molar-refractivity contribution in [2.24, 2.45) is 17.6 Å². The first kappa shape index (κ1) is 31.5. The number of aliphatic hydroxyl groups is 3. The Labute approximate surface area is 259 Å². The number of allylic oxidation sites excluding steroid dienone is 1. The van der Waals surface area contributed by atoms with Gasteiger partial charge in [0.05, 0.1) is 17.3 Å². The molecule has 0 aromatic heterocycles. The molecule has 0 aliphatic heterocycles. The third-order valence-electron chi connectivity index (χ3n) is 9.06. The van der Waals surface area contributed by atoms with Gasteiger partial charge in [-0.05, 0) is 70.0 Å². The molecule has 0 radical (unpaired) electrons. The van der Waals surface area contributed by atoms with Crippen LogP contribution in [-0.2, 0) is 16.0 Å². The zero-order valence-corrected chi connectivity index (χ0v) is 25.8. The van der Waals surface area contributed by atoms with Crippen LogP contribution in [0.15, 0.2) is 46.9 Å². The Morgan fingerprint density at radius 1 is 1.00 bits per heavy atom. The molecule has 0 saturated heterocycles. The molecule has 4 atom stereocenters. The summed E-state index contributed by atoms with van der Waals surface area (Å²) < 4.78 is 0. The number of amides is 3. The van der Waals surface area contributed by atoms with Gasteiger partial charge in [0.15, 0.2) is 17.1 Å². The molecule has 0 spiro atoms. The largest absolute Gasteiger partial charge is 0.510 e. The van der Waals surface area contributed by atoms with E-state index >= 15 is 0 Å². The molecule has 0 bridgehead atoms. The Balaban J connectivity index is 1.61.